The third-order valence-electron chi connectivity index (χ3n) is 4.52. The van der Waals surface area contributed by atoms with Crippen LogP contribution in [0.3, 0.4) is 0 Å². The number of halogens is 1. The Labute approximate surface area is 124 Å². The van der Waals surface area contributed by atoms with Crippen molar-refractivity contribution in [1.29, 1.82) is 0 Å². The number of nitrogens with two attached hydrogens (primary N) is 1. The van der Waals surface area contributed by atoms with Gasteiger partial charge in [0.15, 0.2) is 11.9 Å². The van der Waals surface area contributed by atoms with Gasteiger partial charge in [0.2, 0.25) is 0 Å². The Kier molecular flexibility index (Phi) is 3.51. The fraction of sp³-hybridized carbons (Fsp3) is 0.562. The highest BCUT2D eigenvalue weighted by Gasteiger charge is 2.46. The van der Waals surface area contributed by atoms with Gasteiger partial charge in [-0.05, 0) is 37.7 Å². The minimum absolute atomic E-state index is 0.105. The number of carbonyl (C=O) groups excluding carboxylic acids is 1. The molecule has 1 aromatic carbocycles. The van der Waals surface area contributed by atoms with Crippen LogP contribution in [0.1, 0.15) is 32.1 Å². The lowest BCUT2D eigenvalue weighted by molar-refractivity contribution is -0.115. The Hall–Kier alpha value is -1.78. The van der Waals surface area contributed by atoms with Crippen LogP contribution >= 0.6 is 0 Å². The molecule has 1 aromatic rings. The van der Waals surface area contributed by atoms with Crippen molar-refractivity contribution in [2.75, 3.05) is 24.2 Å². The van der Waals surface area contributed by atoms with E-state index in [4.69, 9.17) is 10.5 Å². The third-order valence-corrected chi connectivity index (χ3v) is 4.52. The van der Waals surface area contributed by atoms with Crippen molar-refractivity contribution in [1.82, 2.24) is 0 Å². The lowest BCUT2D eigenvalue weighted by Gasteiger charge is -2.32. The number of nitrogens with zero attached hydrogens (tertiary/aromatic N) is 1. The van der Waals surface area contributed by atoms with Gasteiger partial charge in [-0.1, -0.05) is 6.42 Å². The lowest BCUT2D eigenvalue weighted by atomic mass is 9.85. The minimum Gasteiger partial charge on any atom is -0.478 e. The number of hydrogen-bond acceptors (Lipinski definition) is 4. The normalized spacial score (nSPS) is 19.7. The molecule has 3 rings (SSSR count). The van der Waals surface area contributed by atoms with Crippen LogP contribution in [-0.4, -0.2) is 25.5 Å². The molecule has 0 saturated heterocycles. The number of anilines is 2. The zero-order valence-corrected chi connectivity index (χ0v) is 12.3. The average Bonchev–Trinajstić information content (AvgIpc) is 3.18. The quantitative estimate of drug-likeness (QED) is 0.647. The molecule has 0 unspecified atom stereocenters. The van der Waals surface area contributed by atoms with Crippen molar-refractivity contribution in [3.8, 4) is 5.75 Å². The Morgan fingerprint density at radius 1 is 1.48 bits per heavy atom. The second-order valence-electron chi connectivity index (χ2n) is 6.30. The molecule has 21 heavy (non-hydrogen) atoms. The van der Waals surface area contributed by atoms with Gasteiger partial charge in [-0.15, -0.1) is 0 Å². The SMILES string of the molecule is CN(CC1CCC1)c1cc(N)c(F)cc1OC1(C=O)CC1. The molecule has 5 heteroatoms. The number of carbonyl (C=O) groups is 1. The van der Waals surface area contributed by atoms with Crippen LogP contribution in [0.2, 0.25) is 0 Å². The topological polar surface area (TPSA) is 55.6 Å². The number of benzene rings is 1. The Morgan fingerprint density at radius 2 is 2.19 bits per heavy atom. The van der Waals surface area contributed by atoms with Crippen LogP contribution in [0.5, 0.6) is 5.75 Å². The van der Waals surface area contributed by atoms with E-state index in [9.17, 15) is 9.18 Å². The molecule has 114 valence electrons. The predicted octanol–water partition coefficient (Wildman–Crippen LogP) is 2.75. The molecule has 2 fully saturated rings. The van der Waals surface area contributed by atoms with E-state index in [1.807, 2.05) is 7.05 Å². The highest BCUT2D eigenvalue weighted by molar-refractivity contribution is 5.71. The summed E-state index contributed by atoms with van der Waals surface area (Å²) in [7, 11) is 1.96. The summed E-state index contributed by atoms with van der Waals surface area (Å²) in [6, 6.07) is 2.90. The second kappa shape index (κ2) is 5.20. The van der Waals surface area contributed by atoms with Crippen LogP contribution in [0, 0.1) is 11.7 Å². The van der Waals surface area contributed by atoms with Crippen molar-refractivity contribution in [3.63, 3.8) is 0 Å². The predicted molar refractivity (Wildman–Crippen MR) is 80.1 cm³/mol. The molecule has 0 amide bonds. The smallest absolute Gasteiger partial charge is 0.164 e. The molecule has 2 aliphatic carbocycles. The van der Waals surface area contributed by atoms with Gasteiger partial charge in [0.05, 0.1) is 11.4 Å². The number of nitrogen functional groups attached to an aromatic ring is 1. The van der Waals surface area contributed by atoms with Crippen molar-refractivity contribution in [3.05, 3.63) is 17.9 Å². The van der Waals surface area contributed by atoms with Gasteiger partial charge in [-0.3, -0.25) is 4.79 Å². The van der Waals surface area contributed by atoms with Crippen LogP contribution < -0.4 is 15.4 Å². The molecule has 0 aliphatic heterocycles. The molecule has 0 atom stereocenters. The van der Waals surface area contributed by atoms with E-state index in [1.54, 1.807) is 6.07 Å². The van der Waals surface area contributed by atoms with Gasteiger partial charge in [0.25, 0.3) is 0 Å². The maximum Gasteiger partial charge on any atom is 0.164 e. The maximum atomic E-state index is 13.8. The molecule has 2 aliphatic rings. The zero-order chi connectivity index (χ0) is 15.0. The number of hydrogen-bond donors (Lipinski definition) is 1. The molecule has 0 heterocycles. The molecule has 0 radical (unpaired) electrons. The lowest BCUT2D eigenvalue weighted by Crippen LogP contribution is -2.30. The Morgan fingerprint density at radius 3 is 2.71 bits per heavy atom. The van der Waals surface area contributed by atoms with Crippen LogP contribution in [0.4, 0.5) is 15.8 Å². The molecule has 0 bridgehead atoms. The standard InChI is InChI=1S/C16H21FN2O2/c1-19(9-11-3-2-4-11)14-8-13(18)12(17)7-15(14)21-16(10-20)5-6-16/h7-8,10-11H,2-6,9,18H2,1H3. The van der Waals surface area contributed by atoms with Gasteiger partial charge in [0.1, 0.15) is 11.6 Å². The molecule has 2 N–H and O–H groups in total. The van der Waals surface area contributed by atoms with Gasteiger partial charge in [0, 0.05) is 19.7 Å². The van der Waals surface area contributed by atoms with E-state index in [0.717, 1.165) is 18.5 Å². The van der Waals surface area contributed by atoms with Gasteiger partial charge in [-0.2, -0.15) is 0 Å². The van der Waals surface area contributed by atoms with Crippen molar-refractivity contribution < 1.29 is 13.9 Å². The van der Waals surface area contributed by atoms with E-state index in [2.05, 4.69) is 4.90 Å². The first-order chi connectivity index (χ1) is 10.0. The van der Waals surface area contributed by atoms with Crippen LogP contribution in [0.15, 0.2) is 12.1 Å². The fourth-order valence-electron chi connectivity index (χ4n) is 2.69. The molecular formula is C16H21FN2O2. The monoisotopic (exact) mass is 292 g/mol. The van der Waals surface area contributed by atoms with Crippen LogP contribution in [-0.2, 0) is 4.79 Å². The Balaban J connectivity index is 1.85. The second-order valence-corrected chi connectivity index (χ2v) is 6.30. The van der Waals surface area contributed by atoms with Crippen molar-refractivity contribution in [2.45, 2.75) is 37.7 Å². The molecule has 0 aromatic heterocycles. The number of ether oxygens (including phenoxy) is 1. The summed E-state index contributed by atoms with van der Waals surface area (Å²) in [5.41, 5.74) is 5.80. The molecule has 0 spiro atoms. The maximum absolute atomic E-state index is 13.8. The molecule has 2 saturated carbocycles. The Bertz CT molecular complexity index is 553. The van der Waals surface area contributed by atoms with E-state index < -0.39 is 11.4 Å². The van der Waals surface area contributed by atoms with Crippen molar-refractivity contribution >= 4 is 17.7 Å². The minimum atomic E-state index is -0.755. The summed E-state index contributed by atoms with van der Waals surface area (Å²) < 4.78 is 19.5. The summed E-state index contributed by atoms with van der Waals surface area (Å²) in [6.45, 7) is 0.898. The van der Waals surface area contributed by atoms with E-state index in [-0.39, 0.29) is 5.69 Å². The summed E-state index contributed by atoms with van der Waals surface area (Å²) >= 11 is 0. The number of aldehydes is 1. The largest absolute Gasteiger partial charge is 0.478 e. The van der Waals surface area contributed by atoms with E-state index in [0.29, 0.717) is 24.5 Å². The summed E-state index contributed by atoms with van der Waals surface area (Å²) in [5.74, 6) is 0.579. The first-order valence-electron chi connectivity index (χ1n) is 7.48. The molecular weight excluding hydrogens is 271 g/mol. The zero-order valence-electron chi connectivity index (χ0n) is 12.3. The average molecular weight is 292 g/mol. The summed E-state index contributed by atoms with van der Waals surface area (Å²) in [5, 5.41) is 0. The van der Waals surface area contributed by atoms with Gasteiger partial charge >= 0.3 is 0 Å². The van der Waals surface area contributed by atoms with E-state index in [1.165, 1.54) is 25.3 Å². The highest BCUT2D eigenvalue weighted by Crippen LogP contribution is 2.43. The first kappa shape index (κ1) is 14.2. The van der Waals surface area contributed by atoms with E-state index >= 15 is 0 Å². The first-order valence-corrected chi connectivity index (χ1v) is 7.48. The summed E-state index contributed by atoms with van der Waals surface area (Å²) in [6.07, 6.45) is 5.94. The van der Waals surface area contributed by atoms with Gasteiger partial charge < -0.3 is 15.4 Å². The number of rotatable bonds is 6. The molecule has 4 nitrogen and oxygen atoms in total. The fourth-order valence-corrected chi connectivity index (χ4v) is 2.69. The summed E-state index contributed by atoms with van der Waals surface area (Å²) in [4.78, 5) is 13.2. The highest BCUT2D eigenvalue weighted by atomic mass is 19.1. The van der Waals surface area contributed by atoms with Crippen molar-refractivity contribution in [2.24, 2.45) is 5.92 Å². The van der Waals surface area contributed by atoms with Crippen LogP contribution in [0.25, 0.3) is 0 Å². The van der Waals surface area contributed by atoms with Gasteiger partial charge in [-0.25, -0.2) is 4.39 Å². The third kappa shape index (κ3) is 2.82.